The zero-order valence-electron chi connectivity index (χ0n) is 2.74. The zero-order chi connectivity index (χ0) is 5.45. The first-order valence-corrected chi connectivity index (χ1v) is 3.18. The predicted octanol–water partition coefficient (Wildman–Crippen LogP) is -2.74. The van der Waals surface area contributed by atoms with Crippen molar-refractivity contribution in [3.63, 3.8) is 0 Å². The van der Waals surface area contributed by atoms with E-state index >= 15 is 0 Å². The van der Waals surface area contributed by atoms with E-state index < -0.39 is 12.2 Å². The first kappa shape index (κ1) is 10.3. The third-order valence-corrected chi connectivity index (χ3v) is 0. The summed E-state index contributed by atoms with van der Waals surface area (Å²) in [5, 5.41) is 0. The van der Waals surface area contributed by atoms with Crippen LogP contribution in [0.15, 0.2) is 0 Å². The van der Waals surface area contributed by atoms with E-state index in [1.807, 2.05) is 0 Å². The van der Waals surface area contributed by atoms with Crippen LogP contribution >= 0.6 is 0 Å². The summed E-state index contributed by atoms with van der Waals surface area (Å²) in [4.78, 5) is 0. The topological polar surface area (TPSA) is 97.3 Å². The van der Waals surface area contributed by atoms with Gasteiger partial charge < -0.3 is 0 Å². The second-order valence-corrected chi connectivity index (χ2v) is 2.60. The van der Waals surface area contributed by atoms with Crippen molar-refractivity contribution in [3.8, 4) is 0 Å². The third-order valence-electron chi connectivity index (χ3n) is 0. The Bertz CT molecular complexity index is 186. The van der Waals surface area contributed by atoms with Gasteiger partial charge in [-0.1, -0.05) is 0 Å². The average Bonchev–Trinajstić information content (AvgIpc) is 0.650. The normalized spacial score (nSPS) is 16.0. The molecule has 0 N–H and O–H groups in total. The van der Waals surface area contributed by atoms with Gasteiger partial charge in [-0.15, -0.1) is 0 Å². The van der Waals surface area contributed by atoms with Gasteiger partial charge in [-0.3, -0.25) is 0 Å². The minimum atomic E-state index is -7.51. The fraction of sp³-hybridized carbons (Fsp3) is 0. The Labute approximate surface area is 49.1 Å². The average molecular weight is 194 g/mol. The van der Waals surface area contributed by atoms with Gasteiger partial charge in [-0.05, 0) is 0 Å². The number of hydrogen-bond donors (Lipinski definition) is 0. The van der Waals surface area contributed by atoms with E-state index in [1.54, 1.807) is 0 Å². The van der Waals surface area contributed by atoms with Crippen LogP contribution in [-0.4, -0.2) is 0 Å². The molecule has 7 heteroatoms. The Kier molecular flexibility index (Phi) is 2.49. The molecular weight excluding hydrogens is 194 g/mol. The molecule has 0 atom stereocenters. The van der Waals surface area contributed by atoms with Crippen LogP contribution in [0.3, 0.4) is 0 Å². The van der Waals surface area contributed by atoms with Gasteiger partial charge in [0.2, 0.25) is 0 Å². The van der Waals surface area contributed by atoms with Crippen molar-refractivity contribution in [1.82, 2.24) is 0 Å². The molecule has 0 aromatic rings. The van der Waals surface area contributed by atoms with Crippen molar-refractivity contribution in [2.45, 2.75) is 0 Å². The van der Waals surface area contributed by atoms with Crippen LogP contribution < -0.4 is 8.38 Å². The maximum absolute atomic E-state index is 8.61. The Hall–Kier alpha value is 0.333. The molecule has 0 rings (SSSR count). The molecule has 0 aromatic carbocycles. The molecule has 7 heavy (non-hydrogen) atoms. The number of rotatable bonds is 0. The van der Waals surface area contributed by atoms with Crippen LogP contribution in [0.1, 0.15) is 0 Å². The van der Waals surface area contributed by atoms with E-state index in [0.29, 0.717) is 0 Å². The summed E-state index contributed by atoms with van der Waals surface area (Å²) in [6, 6.07) is 0. The van der Waals surface area contributed by atoms with Gasteiger partial charge in [0, 0.05) is 0 Å². The van der Waals surface area contributed by atoms with Crippen molar-refractivity contribution < 1.29 is 48.6 Å². The third kappa shape index (κ3) is 1070. The molecule has 0 unspecified atom stereocenters. The molecule has 0 aliphatic heterocycles. The van der Waals surface area contributed by atoms with Crippen molar-refractivity contribution in [2.24, 2.45) is 0 Å². The summed E-state index contributed by atoms with van der Waals surface area (Å²) in [6.45, 7) is 0. The molecule has 0 saturated carbocycles. The Morgan fingerprint density at radius 3 is 1.00 bits per heavy atom. The maximum atomic E-state index is 8.61. The molecule has 0 radical (unpaired) electrons. The monoisotopic (exact) mass is 193 g/mol. The Balaban J connectivity index is 0. The van der Waals surface area contributed by atoms with Gasteiger partial charge >= 0.3 is 48.6 Å². The van der Waals surface area contributed by atoms with Crippen molar-refractivity contribution in [1.29, 1.82) is 0 Å². The summed E-state index contributed by atoms with van der Waals surface area (Å²) < 4.78 is 43.1. The van der Waals surface area contributed by atoms with E-state index in [-0.39, 0.29) is 16.5 Å². The molecule has 0 fully saturated rings. The van der Waals surface area contributed by atoms with Crippen LogP contribution in [0.25, 0.3) is 0 Å². The summed E-state index contributed by atoms with van der Waals surface area (Å²) in [6.07, 6.45) is 0. The van der Waals surface area contributed by atoms with Gasteiger partial charge in [0.05, 0.1) is 0 Å². The molecule has 0 aliphatic rings. The summed E-state index contributed by atoms with van der Waals surface area (Å²) in [5.74, 6) is 0. The standard InChI is InChI=1S/Mn.Ni.5O/q;+2;;;;2*-1. The quantitative estimate of drug-likeness (QED) is 0.389. The molecule has 0 saturated heterocycles. The van der Waals surface area contributed by atoms with Gasteiger partial charge in [0.1, 0.15) is 0 Å². The van der Waals surface area contributed by atoms with Crippen LogP contribution in [0, 0.1) is 0 Å². The first-order chi connectivity index (χ1) is 2.24. The number of hydrogen-bond acceptors (Lipinski definition) is 5. The van der Waals surface area contributed by atoms with E-state index in [0.717, 1.165) is 0 Å². The molecule has 47 valence electrons. The fourth-order valence-corrected chi connectivity index (χ4v) is 0. The van der Waals surface area contributed by atoms with Crippen molar-refractivity contribution >= 4 is 0 Å². The van der Waals surface area contributed by atoms with Gasteiger partial charge in [-0.25, -0.2) is 0 Å². The van der Waals surface area contributed by atoms with Crippen LogP contribution in [0.5, 0.6) is 0 Å². The van der Waals surface area contributed by atoms with Crippen molar-refractivity contribution in [3.05, 3.63) is 0 Å². The van der Waals surface area contributed by atoms with E-state index in [4.69, 9.17) is 19.9 Å². The molecule has 0 heterocycles. The van der Waals surface area contributed by atoms with E-state index in [1.165, 1.54) is 0 Å². The first-order valence-electron chi connectivity index (χ1n) is 0.772. The molecule has 0 aromatic heterocycles. The van der Waals surface area contributed by atoms with Gasteiger partial charge in [0.25, 0.3) is 0 Å². The Morgan fingerprint density at radius 1 is 1.00 bits per heavy atom. The molecule has 0 bridgehead atoms. The van der Waals surface area contributed by atoms with E-state index in [2.05, 4.69) is 0 Å². The molecule has 0 amide bonds. The second-order valence-electron chi connectivity index (χ2n) is 0.630. The molecule has 5 nitrogen and oxygen atoms in total. The molecule has 0 spiro atoms. The van der Waals surface area contributed by atoms with Gasteiger partial charge in [0.15, 0.2) is 0 Å². The van der Waals surface area contributed by atoms with Crippen LogP contribution in [0.4, 0.5) is 0 Å². The molecular formula is MnNiO5. The van der Waals surface area contributed by atoms with E-state index in [9.17, 15) is 0 Å². The summed E-state index contributed by atoms with van der Waals surface area (Å²) >= 11 is -7.51. The SMILES string of the molecule is [Ni+2].[O]=[Mn](=[O])(=[O])([O-])[O-]. The zero-order valence-corrected chi connectivity index (χ0v) is 4.90. The van der Waals surface area contributed by atoms with Crippen molar-refractivity contribution in [2.75, 3.05) is 0 Å². The Morgan fingerprint density at radius 2 is 1.00 bits per heavy atom. The fourth-order valence-electron chi connectivity index (χ4n) is 0. The summed E-state index contributed by atoms with van der Waals surface area (Å²) in [7, 11) is 0. The molecule has 0 aliphatic carbocycles. The second kappa shape index (κ2) is 1.69. The minimum absolute atomic E-state index is 0. The van der Waals surface area contributed by atoms with Crippen LogP contribution in [-0.2, 0) is 40.2 Å². The summed E-state index contributed by atoms with van der Waals surface area (Å²) in [5.41, 5.74) is 0. The predicted molar refractivity (Wildman–Crippen MR) is 2.06 cm³/mol. The van der Waals surface area contributed by atoms with Gasteiger partial charge in [-0.2, -0.15) is 0 Å². The van der Waals surface area contributed by atoms with Crippen LogP contribution in [0.2, 0.25) is 0 Å².